The highest BCUT2D eigenvalue weighted by molar-refractivity contribution is 5.84. The molecule has 0 N–H and O–H groups in total. The molecule has 0 bridgehead atoms. The summed E-state index contributed by atoms with van der Waals surface area (Å²) in [5.41, 5.74) is 0. The summed E-state index contributed by atoms with van der Waals surface area (Å²) < 4.78 is 6.94. The Labute approximate surface area is 70.3 Å². The van der Waals surface area contributed by atoms with Gasteiger partial charge in [-0.3, -0.25) is 0 Å². The zero-order valence-electron chi connectivity index (χ0n) is 6.51. The summed E-state index contributed by atoms with van der Waals surface area (Å²) in [6, 6.07) is 3.89. The lowest BCUT2D eigenvalue weighted by Gasteiger charge is -2.08. The Kier molecular flexibility index (Phi) is 1.70. The molecule has 0 radical (unpaired) electrons. The summed E-state index contributed by atoms with van der Waals surface area (Å²) in [5.74, 6) is -0.243. The normalized spacial score (nSPS) is 21.3. The average Bonchev–Trinajstić information content (AvgIpc) is 2.63. The molecule has 3 heteroatoms. The summed E-state index contributed by atoms with van der Waals surface area (Å²) in [7, 11) is 0. The van der Waals surface area contributed by atoms with Crippen LogP contribution in [0.4, 0.5) is 0 Å². The number of hydrogen-bond acceptors (Lipinski definition) is 2. The van der Waals surface area contributed by atoms with Crippen LogP contribution in [0.5, 0.6) is 0 Å². The lowest BCUT2D eigenvalue weighted by Crippen LogP contribution is -2.14. The monoisotopic (exact) mass is 163 g/mol. The van der Waals surface area contributed by atoms with Crippen LogP contribution < -0.4 is 0 Å². The first-order valence-corrected chi connectivity index (χ1v) is 3.84. The fourth-order valence-corrected chi connectivity index (χ4v) is 1.21. The van der Waals surface area contributed by atoms with E-state index >= 15 is 0 Å². The second-order valence-corrected chi connectivity index (χ2v) is 2.71. The smallest absolute Gasteiger partial charge is 0.331 e. The van der Waals surface area contributed by atoms with Crippen molar-refractivity contribution in [2.45, 2.75) is 12.6 Å². The van der Waals surface area contributed by atoms with Gasteiger partial charge in [0.05, 0.1) is 6.54 Å². The number of hydrogen-bond donors (Lipinski definition) is 0. The van der Waals surface area contributed by atoms with E-state index in [1.54, 1.807) is 6.08 Å². The third-order valence-electron chi connectivity index (χ3n) is 1.77. The lowest BCUT2D eigenvalue weighted by atomic mass is 10.3. The van der Waals surface area contributed by atoms with Crippen LogP contribution in [0.25, 0.3) is 0 Å². The van der Waals surface area contributed by atoms with Gasteiger partial charge in [0, 0.05) is 18.5 Å². The van der Waals surface area contributed by atoms with E-state index in [9.17, 15) is 4.79 Å². The fourth-order valence-electron chi connectivity index (χ4n) is 1.21. The SMILES string of the molecule is O=C1C=CC(Cn2cccc2)O1. The van der Waals surface area contributed by atoms with E-state index in [0.717, 1.165) is 0 Å². The highest BCUT2D eigenvalue weighted by Gasteiger charge is 2.15. The second kappa shape index (κ2) is 2.85. The molecule has 1 aromatic rings. The number of carbonyl (C=O) groups excluding carboxylic acids is 1. The molecule has 1 unspecified atom stereocenters. The Bertz CT molecular complexity index is 300. The van der Waals surface area contributed by atoms with Gasteiger partial charge in [0.25, 0.3) is 0 Å². The van der Waals surface area contributed by atoms with E-state index in [1.165, 1.54) is 6.08 Å². The number of cyclic esters (lactones) is 1. The second-order valence-electron chi connectivity index (χ2n) is 2.71. The molecule has 0 saturated heterocycles. The minimum atomic E-state index is -0.243. The van der Waals surface area contributed by atoms with Gasteiger partial charge in [0.2, 0.25) is 0 Å². The van der Waals surface area contributed by atoms with Crippen molar-refractivity contribution >= 4 is 5.97 Å². The highest BCUT2D eigenvalue weighted by atomic mass is 16.5. The molecule has 0 spiro atoms. The van der Waals surface area contributed by atoms with Gasteiger partial charge in [-0.15, -0.1) is 0 Å². The molecule has 1 aliphatic rings. The van der Waals surface area contributed by atoms with Crippen LogP contribution in [0.2, 0.25) is 0 Å². The minimum Gasteiger partial charge on any atom is -0.453 e. The van der Waals surface area contributed by atoms with Crippen molar-refractivity contribution in [1.29, 1.82) is 0 Å². The van der Waals surface area contributed by atoms with Gasteiger partial charge < -0.3 is 9.30 Å². The predicted octanol–water partition coefficient (Wildman–Crippen LogP) is 0.970. The Balaban J connectivity index is 1.97. The third-order valence-corrected chi connectivity index (χ3v) is 1.77. The zero-order chi connectivity index (χ0) is 8.39. The molecule has 0 amide bonds. The standard InChI is InChI=1S/C9H9NO2/c11-9-4-3-8(12-9)7-10-5-1-2-6-10/h1-6,8H,7H2. The van der Waals surface area contributed by atoms with E-state index in [2.05, 4.69) is 0 Å². The van der Waals surface area contributed by atoms with Crippen molar-refractivity contribution in [2.75, 3.05) is 0 Å². The quantitative estimate of drug-likeness (QED) is 0.608. The Hall–Kier alpha value is -1.51. The molecule has 0 saturated carbocycles. The van der Waals surface area contributed by atoms with Crippen LogP contribution in [-0.2, 0) is 16.1 Å². The Morgan fingerprint density at radius 3 is 2.75 bits per heavy atom. The molecule has 12 heavy (non-hydrogen) atoms. The van der Waals surface area contributed by atoms with E-state index in [4.69, 9.17) is 4.74 Å². The molecular weight excluding hydrogens is 154 g/mol. The van der Waals surface area contributed by atoms with Gasteiger partial charge in [0.15, 0.2) is 0 Å². The number of rotatable bonds is 2. The summed E-state index contributed by atoms with van der Waals surface area (Å²) in [5, 5.41) is 0. The molecule has 3 nitrogen and oxygen atoms in total. The van der Waals surface area contributed by atoms with Crippen molar-refractivity contribution in [1.82, 2.24) is 4.57 Å². The van der Waals surface area contributed by atoms with Crippen molar-refractivity contribution in [2.24, 2.45) is 0 Å². The number of esters is 1. The van der Waals surface area contributed by atoms with Gasteiger partial charge in [-0.05, 0) is 18.2 Å². The maximum Gasteiger partial charge on any atom is 0.331 e. The molecule has 0 aliphatic carbocycles. The first-order valence-electron chi connectivity index (χ1n) is 3.84. The van der Waals surface area contributed by atoms with Crippen LogP contribution in [-0.4, -0.2) is 16.6 Å². The van der Waals surface area contributed by atoms with E-state index in [1.807, 2.05) is 29.1 Å². The number of ether oxygens (including phenoxy) is 1. The summed E-state index contributed by atoms with van der Waals surface area (Å²) in [6.45, 7) is 0.704. The van der Waals surface area contributed by atoms with Gasteiger partial charge in [0.1, 0.15) is 6.10 Å². The molecular formula is C9H9NO2. The van der Waals surface area contributed by atoms with Crippen LogP contribution >= 0.6 is 0 Å². The van der Waals surface area contributed by atoms with E-state index in [0.29, 0.717) is 6.54 Å². The molecule has 2 rings (SSSR count). The summed E-state index contributed by atoms with van der Waals surface area (Å²) >= 11 is 0. The van der Waals surface area contributed by atoms with Crippen LogP contribution in [0.15, 0.2) is 36.7 Å². The van der Waals surface area contributed by atoms with E-state index < -0.39 is 0 Å². The summed E-state index contributed by atoms with van der Waals surface area (Å²) in [6.07, 6.45) is 7.04. The lowest BCUT2D eigenvalue weighted by molar-refractivity contribution is -0.139. The number of aromatic nitrogens is 1. The average molecular weight is 163 g/mol. The zero-order valence-corrected chi connectivity index (χ0v) is 6.51. The molecule has 0 aromatic carbocycles. The highest BCUT2D eigenvalue weighted by Crippen LogP contribution is 2.07. The van der Waals surface area contributed by atoms with Gasteiger partial charge >= 0.3 is 5.97 Å². The first-order chi connectivity index (χ1) is 5.84. The number of carbonyl (C=O) groups is 1. The first kappa shape index (κ1) is 7.16. The Morgan fingerprint density at radius 2 is 2.17 bits per heavy atom. The minimum absolute atomic E-state index is 0.0927. The van der Waals surface area contributed by atoms with Crippen molar-refractivity contribution in [3.05, 3.63) is 36.7 Å². The third kappa shape index (κ3) is 1.39. The van der Waals surface area contributed by atoms with E-state index in [-0.39, 0.29) is 12.1 Å². The maximum atomic E-state index is 10.7. The Morgan fingerprint density at radius 1 is 1.42 bits per heavy atom. The van der Waals surface area contributed by atoms with Crippen molar-refractivity contribution < 1.29 is 9.53 Å². The van der Waals surface area contributed by atoms with Crippen molar-refractivity contribution in [3.63, 3.8) is 0 Å². The summed E-state index contributed by atoms with van der Waals surface area (Å²) in [4.78, 5) is 10.7. The van der Waals surface area contributed by atoms with Crippen LogP contribution in [0, 0.1) is 0 Å². The molecule has 1 aliphatic heterocycles. The molecule has 2 heterocycles. The van der Waals surface area contributed by atoms with Crippen molar-refractivity contribution in [3.8, 4) is 0 Å². The largest absolute Gasteiger partial charge is 0.453 e. The molecule has 1 aromatic heterocycles. The van der Waals surface area contributed by atoms with Gasteiger partial charge in [-0.25, -0.2) is 4.79 Å². The van der Waals surface area contributed by atoms with Crippen LogP contribution in [0.1, 0.15) is 0 Å². The molecule has 62 valence electrons. The fraction of sp³-hybridized carbons (Fsp3) is 0.222. The van der Waals surface area contributed by atoms with Crippen LogP contribution in [0.3, 0.4) is 0 Å². The topological polar surface area (TPSA) is 31.2 Å². The van der Waals surface area contributed by atoms with Gasteiger partial charge in [-0.2, -0.15) is 0 Å². The molecule has 0 fully saturated rings. The van der Waals surface area contributed by atoms with Gasteiger partial charge in [-0.1, -0.05) is 0 Å². The maximum absolute atomic E-state index is 10.7. The number of nitrogens with zero attached hydrogens (tertiary/aromatic N) is 1. The molecule has 1 atom stereocenters. The predicted molar refractivity (Wildman–Crippen MR) is 43.5 cm³/mol.